The summed E-state index contributed by atoms with van der Waals surface area (Å²) in [6.45, 7) is 3.88. The topological polar surface area (TPSA) is 28.2 Å². The van der Waals surface area contributed by atoms with E-state index < -0.39 is 0 Å². The molecule has 3 nitrogen and oxygen atoms in total. The minimum atomic E-state index is -0.211. The molecular formula is C20H18FN3S2. The second-order valence-corrected chi connectivity index (χ2v) is 7.73. The van der Waals surface area contributed by atoms with E-state index in [-0.39, 0.29) is 17.9 Å². The first kappa shape index (κ1) is 17.1. The molecule has 0 bridgehead atoms. The molecule has 0 spiro atoms. The number of pyridine rings is 1. The van der Waals surface area contributed by atoms with Crippen LogP contribution < -0.4 is 10.2 Å². The van der Waals surface area contributed by atoms with Crippen molar-refractivity contribution in [2.24, 2.45) is 0 Å². The summed E-state index contributed by atoms with van der Waals surface area (Å²) in [5.41, 5.74) is 3.65. The first-order valence-electron chi connectivity index (χ1n) is 8.37. The molecule has 3 heterocycles. The van der Waals surface area contributed by atoms with Gasteiger partial charge in [0.25, 0.3) is 0 Å². The van der Waals surface area contributed by atoms with Crippen LogP contribution in [0, 0.1) is 19.7 Å². The van der Waals surface area contributed by atoms with Crippen molar-refractivity contribution in [2.75, 3.05) is 4.90 Å². The Hall–Kier alpha value is -2.31. The third-order valence-corrected chi connectivity index (χ3v) is 6.09. The quantitative estimate of drug-likeness (QED) is 0.639. The first-order valence-corrected chi connectivity index (χ1v) is 9.66. The molecule has 1 aliphatic heterocycles. The smallest absolute Gasteiger partial charge is 0.174 e. The van der Waals surface area contributed by atoms with E-state index in [1.54, 1.807) is 30.5 Å². The van der Waals surface area contributed by atoms with Gasteiger partial charge in [-0.05, 0) is 79.0 Å². The number of nitrogens with one attached hydrogen (secondary N) is 1. The minimum Gasteiger partial charge on any atom is -0.351 e. The van der Waals surface area contributed by atoms with Gasteiger partial charge < -0.3 is 10.2 Å². The Morgan fingerprint density at radius 2 is 2.00 bits per heavy atom. The molecule has 2 aromatic heterocycles. The zero-order valence-corrected chi connectivity index (χ0v) is 16.1. The molecule has 1 aliphatic rings. The molecule has 1 N–H and O–H groups in total. The van der Waals surface area contributed by atoms with E-state index in [0.717, 1.165) is 11.4 Å². The lowest BCUT2D eigenvalue weighted by Gasteiger charge is -2.28. The molecular weight excluding hydrogens is 365 g/mol. The fourth-order valence-electron chi connectivity index (χ4n) is 3.37. The summed E-state index contributed by atoms with van der Waals surface area (Å²) in [4.78, 5) is 7.86. The van der Waals surface area contributed by atoms with Crippen molar-refractivity contribution in [3.8, 4) is 0 Å². The van der Waals surface area contributed by atoms with Crippen molar-refractivity contribution in [1.29, 1.82) is 0 Å². The Morgan fingerprint density at radius 1 is 1.15 bits per heavy atom. The van der Waals surface area contributed by atoms with Gasteiger partial charge in [-0.3, -0.25) is 4.98 Å². The maximum absolute atomic E-state index is 13.8. The standard InChI is InChI=1S/C20H18FN3S2/c1-12-8-10-26-19(12)18-17(16-5-3-4-9-22-16)23-20(25)24(18)14-6-7-15(21)13(2)11-14/h3-11,17-18H,1-2H3,(H,23,25). The lowest BCUT2D eigenvalue weighted by molar-refractivity contribution is 0.572. The maximum atomic E-state index is 13.8. The highest BCUT2D eigenvalue weighted by atomic mass is 32.1. The van der Waals surface area contributed by atoms with Crippen molar-refractivity contribution in [2.45, 2.75) is 25.9 Å². The van der Waals surface area contributed by atoms with Crippen LogP contribution in [-0.2, 0) is 0 Å². The fourth-order valence-corrected chi connectivity index (χ4v) is 4.76. The van der Waals surface area contributed by atoms with Crippen molar-refractivity contribution in [1.82, 2.24) is 10.3 Å². The van der Waals surface area contributed by atoms with E-state index in [4.69, 9.17) is 12.2 Å². The Labute approximate surface area is 161 Å². The van der Waals surface area contributed by atoms with Crippen molar-refractivity contribution in [3.05, 3.63) is 81.6 Å². The van der Waals surface area contributed by atoms with Gasteiger partial charge in [0.15, 0.2) is 5.11 Å². The van der Waals surface area contributed by atoms with Gasteiger partial charge in [-0.25, -0.2) is 4.39 Å². The van der Waals surface area contributed by atoms with Gasteiger partial charge in [0.1, 0.15) is 5.82 Å². The summed E-state index contributed by atoms with van der Waals surface area (Å²) in [5, 5.41) is 6.15. The number of thiocarbonyl (C=S) groups is 1. The summed E-state index contributed by atoms with van der Waals surface area (Å²) in [6, 6.07) is 13.1. The molecule has 1 fully saturated rings. The third-order valence-electron chi connectivity index (χ3n) is 4.69. The van der Waals surface area contributed by atoms with E-state index >= 15 is 0 Å². The summed E-state index contributed by atoms with van der Waals surface area (Å²) < 4.78 is 13.8. The minimum absolute atomic E-state index is 0.0257. The zero-order chi connectivity index (χ0) is 18.3. The van der Waals surface area contributed by atoms with Crippen LogP contribution in [0.2, 0.25) is 0 Å². The van der Waals surface area contributed by atoms with E-state index in [1.165, 1.54) is 16.5 Å². The van der Waals surface area contributed by atoms with Gasteiger partial charge in [-0.15, -0.1) is 11.3 Å². The number of benzene rings is 1. The second kappa shape index (κ2) is 6.78. The molecule has 0 amide bonds. The lowest BCUT2D eigenvalue weighted by atomic mass is 10.0. The first-order chi connectivity index (χ1) is 12.6. The molecule has 2 atom stereocenters. The average Bonchev–Trinajstić information content (AvgIpc) is 3.21. The predicted octanol–water partition coefficient (Wildman–Crippen LogP) is 5.08. The van der Waals surface area contributed by atoms with Gasteiger partial charge in [0, 0.05) is 16.8 Å². The van der Waals surface area contributed by atoms with Crippen LogP contribution in [0.3, 0.4) is 0 Å². The molecule has 4 rings (SSSR count). The normalized spacial score (nSPS) is 19.7. The highest BCUT2D eigenvalue weighted by Gasteiger charge is 2.41. The van der Waals surface area contributed by atoms with Gasteiger partial charge in [0.05, 0.1) is 17.8 Å². The monoisotopic (exact) mass is 383 g/mol. The Morgan fingerprint density at radius 3 is 2.65 bits per heavy atom. The van der Waals surface area contributed by atoms with Crippen LogP contribution >= 0.6 is 23.6 Å². The molecule has 132 valence electrons. The van der Waals surface area contributed by atoms with E-state index in [2.05, 4.69) is 33.6 Å². The SMILES string of the molecule is Cc1cc(N2C(=S)NC(c3ccccn3)C2c2sccc2C)ccc1F. The van der Waals surface area contributed by atoms with Gasteiger partial charge in [0.2, 0.25) is 0 Å². The van der Waals surface area contributed by atoms with Crippen LogP contribution in [0.25, 0.3) is 0 Å². The van der Waals surface area contributed by atoms with Crippen LogP contribution in [0.15, 0.2) is 54.0 Å². The van der Waals surface area contributed by atoms with Crippen molar-refractivity contribution >= 4 is 34.4 Å². The molecule has 0 saturated carbocycles. The third kappa shape index (κ3) is 2.89. The molecule has 3 aromatic rings. The van der Waals surface area contributed by atoms with Crippen LogP contribution in [0.1, 0.15) is 33.8 Å². The maximum Gasteiger partial charge on any atom is 0.174 e. The summed E-state index contributed by atoms with van der Waals surface area (Å²) in [5.74, 6) is -0.211. The Balaban J connectivity index is 1.85. The Bertz CT molecular complexity index is 955. The zero-order valence-electron chi connectivity index (χ0n) is 14.4. The molecule has 2 unspecified atom stereocenters. The number of hydrogen-bond acceptors (Lipinski definition) is 3. The van der Waals surface area contributed by atoms with Gasteiger partial charge in [-0.2, -0.15) is 0 Å². The fraction of sp³-hybridized carbons (Fsp3) is 0.200. The molecule has 26 heavy (non-hydrogen) atoms. The number of aromatic nitrogens is 1. The van der Waals surface area contributed by atoms with Crippen LogP contribution in [0.4, 0.5) is 10.1 Å². The molecule has 0 aliphatic carbocycles. The number of anilines is 1. The molecule has 6 heteroatoms. The van der Waals surface area contributed by atoms with Crippen molar-refractivity contribution < 1.29 is 4.39 Å². The van der Waals surface area contributed by atoms with Crippen LogP contribution in [-0.4, -0.2) is 10.1 Å². The van der Waals surface area contributed by atoms with E-state index in [1.807, 2.05) is 24.3 Å². The summed E-state index contributed by atoms with van der Waals surface area (Å²) >= 11 is 7.38. The average molecular weight is 384 g/mol. The molecule has 1 saturated heterocycles. The number of aryl methyl sites for hydroxylation is 2. The largest absolute Gasteiger partial charge is 0.351 e. The molecule has 0 radical (unpaired) electrons. The number of hydrogen-bond donors (Lipinski definition) is 1. The Kier molecular flexibility index (Phi) is 4.46. The van der Waals surface area contributed by atoms with Crippen molar-refractivity contribution in [3.63, 3.8) is 0 Å². The van der Waals surface area contributed by atoms with Gasteiger partial charge in [-0.1, -0.05) is 6.07 Å². The number of thiophene rings is 1. The number of halogens is 1. The number of nitrogens with zero attached hydrogens (tertiary/aromatic N) is 2. The lowest BCUT2D eigenvalue weighted by Crippen LogP contribution is -2.29. The second-order valence-electron chi connectivity index (χ2n) is 6.40. The summed E-state index contributed by atoms with van der Waals surface area (Å²) in [7, 11) is 0. The van der Waals surface area contributed by atoms with E-state index in [9.17, 15) is 4.39 Å². The molecule has 1 aromatic carbocycles. The summed E-state index contributed by atoms with van der Waals surface area (Å²) in [6.07, 6.45) is 1.79. The predicted molar refractivity (Wildman–Crippen MR) is 108 cm³/mol. The van der Waals surface area contributed by atoms with Crippen LogP contribution in [0.5, 0.6) is 0 Å². The van der Waals surface area contributed by atoms with Gasteiger partial charge >= 0.3 is 0 Å². The number of rotatable bonds is 3. The van der Waals surface area contributed by atoms with E-state index in [0.29, 0.717) is 10.7 Å². The highest BCUT2D eigenvalue weighted by molar-refractivity contribution is 7.80. The highest BCUT2D eigenvalue weighted by Crippen LogP contribution is 2.44.